The minimum Gasteiger partial charge on any atom is -0.352 e. The summed E-state index contributed by atoms with van der Waals surface area (Å²) in [6, 6.07) is 21.9. The summed E-state index contributed by atoms with van der Waals surface area (Å²) in [7, 11) is 0. The number of nitrogens with one attached hydrogen (secondary N) is 1. The number of hydrogen-bond acceptors (Lipinski definition) is 5. The molecule has 2 aromatic carbocycles. The van der Waals surface area contributed by atoms with Gasteiger partial charge in [0.05, 0.1) is 11.1 Å². The minimum absolute atomic E-state index is 0.0861. The Morgan fingerprint density at radius 2 is 1.57 bits per heavy atom. The third-order valence-corrected chi connectivity index (χ3v) is 6.56. The van der Waals surface area contributed by atoms with Crippen LogP contribution in [0.1, 0.15) is 29.7 Å². The van der Waals surface area contributed by atoms with Crippen molar-refractivity contribution in [3.63, 3.8) is 0 Å². The molecule has 0 radical (unpaired) electrons. The van der Waals surface area contributed by atoms with Crippen molar-refractivity contribution in [2.45, 2.75) is 38.4 Å². The molecule has 35 heavy (non-hydrogen) atoms. The molecule has 5 rings (SSSR count). The van der Waals surface area contributed by atoms with Crippen LogP contribution in [0.15, 0.2) is 83.9 Å². The summed E-state index contributed by atoms with van der Waals surface area (Å²) in [6.45, 7) is 2.71. The van der Waals surface area contributed by atoms with E-state index in [9.17, 15) is 9.59 Å². The van der Waals surface area contributed by atoms with Crippen molar-refractivity contribution in [2.24, 2.45) is 0 Å². The third-order valence-electron chi connectivity index (χ3n) is 6.56. The second-order valence-corrected chi connectivity index (χ2v) is 9.09. The maximum atomic E-state index is 13.1. The van der Waals surface area contributed by atoms with E-state index in [0.717, 1.165) is 49.1 Å². The van der Waals surface area contributed by atoms with Crippen molar-refractivity contribution in [2.75, 3.05) is 13.1 Å². The van der Waals surface area contributed by atoms with E-state index in [1.807, 2.05) is 36.4 Å². The fraction of sp³-hybridized carbons (Fsp3) is 0.286. The normalized spacial score (nSPS) is 14.7. The highest BCUT2D eigenvalue weighted by atomic mass is 16.2. The first-order chi connectivity index (χ1) is 17.2. The van der Waals surface area contributed by atoms with Crippen LogP contribution in [0, 0.1) is 0 Å². The van der Waals surface area contributed by atoms with E-state index in [1.165, 1.54) is 10.2 Å². The quantitative estimate of drug-likeness (QED) is 0.452. The van der Waals surface area contributed by atoms with E-state index in [-0.39, 0.29) is 24.1 Å². The van der Waals surface area contributed by atoms with Crippen LogP contribution in [-0.4, -0.2) is 44.7 Å². The number of hydrogen-bond donors (Lipinski definition) is 1. The Kier molecular flexibility index (Phi) is 6.95. The number of carbonyl (C=O) groups is 1. The summed E-state index contributed by atoms with van der Waals surface area (Å²) in [5.41, 5.74) is 2.88. The van der Waals surface area contributed by atoms with Crippen molar-refractivity contribution >= 4 is 16.7 Å². The zero-order chi connectivity index (χ0) is 24.0. The van der Waals surface area contributed by atoms with E-state index in [0.29, 0.717) is 11.8 Å². The van der Waals surface area contributed by atoms with Crippen LogP contribution < -0.4 is 10.9 Å². The molecular weight excluding hydrogens is 438 g/mol. The van der Waals surface area contributed by atoms with Crippen LogP contribution in [0.3, 0.4) is 0 Å². The van der Waals surface area contributed by atoms with E-state index < -0.39 is 0 Å². The first-order valence-electron chi connectivity index (χ1n) is 12.1. The molecule has 7 heteroatoms. The Balaban J connectivity index is 1.25. The Bertz CT molecular complexity index is 1350. The molecule has 1 N–H and O–H groups in total. The van der Waals surface area contributed by atoms with Gasteiger partial charge in [-0.15, -0.1) is 0 Å². The molecule has 4 aromatic rings. The molecule has 0 aliphatic carbocycles. The molecule has 0 spiro atoms. The van der Waals surface area contributed by atoms with E-state index in [2.05, 4.69) is 44.6 Å². The van der Waals surface area contributed by atoms with Crippen molar-refractivity contribution in [3.8, 4) is 0 Å². The van der Waals surface area contributed by atoms with Gasteiger partial charge < -0.3 is 5.32 Å². The van der Waals surface area contributed by atoms with E-state index in [4.69, 9.17) is 0 Å². The van der Waals surface area contributed by atoms with Gasteiger partial charge in [-0.3, -0.25) is 19.5 Å². The predicted octanol–water partition coefficient (Wildman–Crippen LogP) is 3.16. The van der Waals surface area contributed by atoms with Gasteiger partial charge in [0.15, 0.2) is 0 Å². The molecule has 1 fully saturated rings. The van der Waals surface area contributed by atoms with Gasteiger partial charge in [0.1, 0.15) is 6.54 Å². The Morgan fingerprint density at radius 1 is 0.886 bits per heavy atom. The predicted molar refractivity (Wildman–Crippen MR) is 136 cm³/mol. The number of piperidine rings is 1. The summed E-state index contributed by atoms with van der Waals surface area (Å²) >= 11 is 0. The number of fused-ring (bicyclic) bond motifs is 1. The fourth-order valence-electron chi connectivity index (χ4n) is 4.72. The highest BCUT2D eigenvalue weighted by Gasteiger charge is 2.21. The van der Waals surface area contributed by atoms with Gasteiger partial charge in [0.25, 0.3) is 5.56 Å². The number of benzene rings is 2. The largest absolute Gasteiger partial charge is 0.352 e. The van der Waals surface area contributed by atoms with Gasteiger partial charge in [0.2, 0.25) is 5.91 Å². The van der Waals surface area contributed by atoms with Crippen LogP contribution in [0.5, 0.6) is 0 Å². The minimum atomic E-state index is -0.244. The summed E-state index contributed by atoms with van der Waals surface area (Å²) < 4.78 is 1.30. The third kappa shape index (κ3) is 5.63. The molecule has 0 atom stereocenters. The molecule has 0 bridgehead atoms. The van der Waals surface area contributed by atoms with Gasteiger partial charge >= 0.3 is 0 Å². The van der Waals surface area contributed by atoms with Gasteiger partial charge in [-0.25, -0.2) is 4.68 Å². The summed E-state index contributed by atoms with van der Waals surface area (Å²) in [4.78, 5) is 32.4. The highest BCUT2D eigenvalue weighted by molar-refractivity contribution is 5.84. The van der Waals surface area contributed by atoms with Gasteiger partial charge in [-0.2, -0.15) is 5.10 Å². The average molecular weight is 468 g/mol. The highest BCUT2D eigenvalue weighted by Crippen LogP contribution is 2.17. The van der Waals surface area contributed by atoms with Crippen LogP contribution in [0.2, 0.25) is 0 Å². The summed E-state index contributed by atoms with van der Waals surface area (Å²) in [5.74, 6) is -0.175. The first kappa shape index (κ1) is 22.9. The maximum absolute atomic E-state index is 13.1. The molecule has 0 unspecified atom stereocenters. The Morgan fingerprint density at radius 3 is 2.31 bits per heavy atom. The fourth-order valence-corrected chi connectivity index (χ4v) is 4.72. The van der Waals surface area contributed by atoms with Crippen LogP contribution in [0.25, 0.3) is 10.8 Å². The molecule has 0 saturated carbocycles. The monoisotopic (exact) mass is 467 g/mol. The summed E-state index contributed by atoms with van der Waals surface area (Å²) in [5, 5.41) is 9.12. The van der Waals surface area contributed by atoms with Crippen LogP contribution >= 0.6 is 0 Å². The second kappa shape index (κ2) is 10.6. The topological polar surface area (TPSA) is 80.1 Å². The number of carbonyl (C=O) groups excluding carboxylic acids is 1. The molecule has 3 heterocycles. The van der Waals surface area contributed by atoms with Gasteiger partial charge in [-0.1, -0.05) is 48.5 Å². The number of amides is 1. The lowest BCUT2D eigenvalue weighted by molar-refractivity contribution is -0.122. The number of pyridine rings is 1. The number of rotatable bonds is 7. The lowest BCUT2D eigenvalue weighted by atomic mass is 10.0. The van der Waals surface area contributed by atoms with Crippen molar-refractivity contribution in [3.05, 3.63) is 106 Å². The molecule has 1 amide bonds. The molecule has 1 aliphatic rings. The smallest absolute Gasteiger partial charge is 0.275 e. The molecule has 1 saturated heterocycles. The SMILES string of the molecule is O=C(Cn1nc(Cc2ccncc2)c2ccccc2c1=O)NC1CCN(Cc2ccccc2)CC1. The van der Waals surface area contributed by atoms with E-state index in [1.54, 1.807) is 18.5 Å². The summed E-state index contributed by atoms with van der Waals surface area (Å²) in [6.07, 6.45) is 5.83. The number of nitrogens with zero attached hydrogens (tertiary/aromatic N) is 4. The van der Waals surface area contributed by atoms with Gasteiger partial charge in [-0.05, 0) is 42.2 Å². The van der Waals surface area contributed by atoms with Gasteiger partial charge in [0, 0.05) is 49.9 Å². The number of likely N-dealkylation sites (tertiary alicyclic amines) is 1. The second-order valence-electron chi connectivity index (χ2n) is 9.09. The molecule has 7 nitrogen and oxygen atoms in total. The van der Waals surface area contributed by atoms with Crippen molar-refractivity contribution in [1.82, 2.24) is 25.0 Å². The standard InChI is InChI=1S/C28H29N5O2/c34-27(30-23-12-16-32(17-13-23)19-22-6-2-1-3-7-22)20-33-28(35)25-9-5-4-8-24(25)26(31-33)18-21-10-14-29-15-11-21/h1-11,14-15,23H,12-13,16-20H2,(H,30,34). The molecule has 2 aromatic heterocycles. The zero-order valence-electron chi connectivity index (χ0n) is 19.6. The lowest BCUT2D eigenvalue weighted by Gasteiger charge is -2.32. The van der Waals surface area contributed by atoms with Crippen molar-refractivity contribution < 1.29 is 4.79 Å². The lowest BCUT2D eigenvalue weighted by Crippen LogP contribution is -2.46. The van der Waals surface area contributed by atoms with Crippen molar-refractivity contribution in [1.29, 1.82) is 0 Å². The molecule has 178 valence electrons. The zero-order valence-corrected chi connectivity index (χ0v) is 19.6. The van der Waals surface area contributed by atoms with E-state index >= 15 is 0 Å². The Hall–Kier alpha value is -3.84. The maximum Gasteiger partial charge on any atom is 0.275 e. The Labute approximate surface area is 204 Å². The average Bonchev–Trinajstić information content (AvgIpc) is 2.89. The van der Waals surface area contributed by atoms with Crippen LogP contribution in [0.4, 0.5) is 0 Å². The molecule has 1 aliphatic heterocycles. The molecular formula is C28H29N5O2. The van der Waals surface area contributed by atoms with Crippen LogP contribution in [-0.2, 0) is 24.3 Å². The number of aromatic nitrogens is 3. The first-order valence-corrected chi connectivity index (χ1v) is 12.1.